The summed E-state index contributed by atoms with van der Waals surface area (Å²) in [6.07, 6.45) is 1.22. The third-order valence-electron chi connectivity index (χ3n) is 7.70. The van der Waals surface area contributed by atoms with E-state index >= 15 is 0 Å². The molecule has 0 amide bonds. The molecule has 33 heavy (non-hydrogen) atoms. The van der Waals surface area contributed by atoms with Crippen LogP contribution in [0.25, 0.3) is 0 Å². The number of aromatic nitrogens is 1. The van der Waals surface area contributed by atoms with Gasteiger partial charge in [0.05, 0.1) is 11.3 Å². The molecule has 2 saturated carbocycles. The van der Waals surface area contributed by atoms with Gasteiger partial charge in [-0.1, -0.05) is 34.6 Å². The summed E-state index contributed by atoms with van der Waals surface area (Å²) in [6.45, 7) is 9.23. The minimum Gasteiger partial charge on any atom is -0.396 e. The highest BCUT2D eigenvalue weighted by Gasteiger charge is 2.75. The largest absolute Gasteiger partial charge is 0.417 e. The minimum absolute atomic E-state index is 0. The normalized spacial score (nSPS) is 28.3. The van der Waals surface area contributed by atoms with E-state index in [4.69, 9.17) is 5.73 Å². The fourth-order valence-corrected chi connectivity index (χ4v) is 6.47. The molecule has 3 fully saturated rings. The monoisotopic (exact) mass is 492 g/mol. The summed E-state index contributed by atoms with van der Waals surface area (Å²) in [7, 11) is 0. The quantitative estimate of drug-likeness (QED) is 0.325. The predicted molar refractivity (Wildman–Crippen MR) is 127 cm³/mol. The molecule has 1 aliphatic heterocycles. The molecule has 3 aliphatic rings. The van der Waals surface area contributed by atoms with Gasteiger partial charge in [0.15, 0.2) is 5.82 Å². The average Bonchev–Trinajstić information content (AvgIpc) is 3.26. The molecule has 0 radical (unpaired) electrons. The van der Waals surface area contributed by atoms with Gasteiger partial charge in [-0.15, -0.1) is 0 Å². The highest BCUT2D eigenvalue weighted by atomic mass is 32.2. The summed E-state index contributed by atoms with van der Waals surface area (Å²) >= 11 is 1.10. The minimum atomic E-state index is -4.45. The molecule has 10 heteroatoms. The number of anilines is 2. The number of hydrogen-bond acceptors (Lipinski definition) is 6. The number of nitrogen functional groups attached to an aromatic ring is 1. The van der Waals surface area contributed by atoms with E-state index in [9.17, 15) is 22.4 Å². The van der Waals surface area contributed by atoms with Crippen LogP contribution < -0.4 is 10.6 Å². The van der Waals surface area contributed by atoms with Crippen LogP contribution in [0.2, 0.25) is 0 Å². The SMILES string of the molecule is C.CCC1C(C)(C)C12CCC2C=O.Nc1cc(C(F)(F)F)cnc1N1CCN(SCF)CC1. The van der Waals surface area contributed by atoms with E-state index in [-0.39, 0.29) is 13.1 Å². The highest BCUT2D eigenvalue weighted by Crippen LogP contribution is 2.80. The Morgan fingerprint density at radius 3 is 2.30 bits per heavy atom. The van der Waals surface area contributed by atoms with E-state index in [2.05, 4.69) is 25.8 Å². The van der Waals surface area contributed by atoms with Crippen molar-refractivity contribution in [1.29, 1.82) is 0 Å². The average molecular weight is 493 g/mol. The Morgan fingerprint density at radius 2 is 1.91 bits per heavy atom. The van der Waals surface area contributed by atoms with Crippen LogP contribution in [0.3, 0.4) is 0 Å². The lowest BCUT2D eigenvalue weighted by Gasteiger charge is -2.37. The number of aldehydes is 1. The molecule has 3 unspecified atom stereocenters. The van der Waals surface area contributed by atoms with Crippen LogP contribution in [0, 0.1) is 22.7 Å². The second kappa shape index (κ2) is 10.4. The maximum Gasteiger partial charge on any atom is 0.417 e. The molecule has 1 aromatic rings. The predicted octanol–water partition coefficient (Wildman–Crippen LogP) is 5.66. The summed E-state index contributed by atoms with van der Waals surface area (Å²) in [5.41, 5.74) is 5.69. The van der Waals surface area contributed by atoms with E-state index in [1.165, 1.54) is 19.1 Å². The van der Waals surface area contributed by atoms with Crippen LogP contribution in [0.15, 0.2) is 12.3 Å². The fourth-order valence-electron chi connectivity index (χ4n) is 5.91. The molecule has 188 valence electrons. The highest BCUT2D eigenvalue weighted by molar-refractivity contribution is 7.96. The standard InChI is InChI=1S/C11H14F4N4S.C11H18O.CH4/c12-7-20-19-3-1-18(2-4-19)10-9(16)5-8(6-17-10)11(13,14)15;1-4-9-10(2,3)11(9)6-5-8(11)7-12;/h5-6H,1-4,7,16H2;7-9H,4-6H2,1-3H3;1H4. The van der Waals surface area contributed by atoms with Crippen molar-refractivity contribution in [2.45, 2.75) is 53.6 Å². The molecule has 5 nitrogen and oxygen atoms in total. The zero-order chi connectivity index (χ0) is 23.7. The van der Waals surface area contributed by atoms with Gasteiger partial charge in [0.1, 0.15) is 12.3 Å². The van der Waals surface area contributed by atoms with E-state index in [1.54, 1.807) is 0 Å². The zero-order valence-corrected chi connectivity index (χ0v) is 19.6. The van der Waals surface area contributed by atoms with E-state index in [0.717, 1.165) is 36.5 Å². The lowest BCUT2D eigenvalue weighted by atomic mass is 9.66. The molecule has 2 heterocycles. The van der Waals surface area contributed by atoms with Crippen molar-refractivity contribution in [2.24, 2.45) is 22.7 Å². The van der Waals surface area contributed by atoms with Gasteiger partial charge in [0.2, 0.25) is 0 Å². The number of pyridine rings is 1. The van der Waals surface area contributed by atoms with Crippen LogP contribution in [0.5, 0.6) is 0 Å². The number of halogens is 4. The molecule has 1 saturated heterocycles. The number of nitrogens with two attached hydrogens (primary N) is 1. The Labute approximate surface area is 198 Å². The third-order valence-corrected chi connectivity index (χ3v) is 8.53. The summed E-state index contributed by atoms with van der Waals surface area (Å²) < 4.78 is 51.6. The van der Waals surface area contributed by atoms with Gasteiger partial charge >= 0.3 is 6.18 Å². The first-order valence-electron chi connectivity index (χ1n) is 11.0. The number of rotatable bonds is 5. The van der Waals surface area contributed by atoms with E-state index in [0.29, 0.717) is 48.7 Å². The zero-order valence-electron chi connectivity index (χ0n) is 18.8. The number of carbonyl (C=O) groups is 1. The lowest BCUT2D eigenvalue weighted by Crippen LogP contribution is -2.44. The van der Waals surface area contributed by atoms with Gasteiger partial charge in [-0.3, -0.25) is 0 Å². The molecule has 2 aliphatic carbocycles. The maximum absolute atomic E-state index is 12.5. The molecular formula is C23H36F4N4OS. The first kappa shape index (κ1) is 27.7. The van der Waals surface area contributed by atoms with Crippen molar-refractivity contribution in [1.82, 2.24) is 9.29 Å². The first-order valence-corrected chi connectivity index (χ1v) is 11.9. The Balaban J connectivity index is 0.000000253. The van der Waals surface area contributed by atoms with Crippen molar-refractivity contribution in [3.8, 4) is 0 Å². The van der Waals surface area contributed by atoms with Crippen LogP contribution in [-0.4, -0.2) is 47.8 Å². The molecule has 4 rings (SSSR count). The van der Waals surface area contributed by atoms with Crippen LogP contribution in [0.1, 0.15) is 53.0 Å². The summed E-state index contributed by atoms with van der Waals surface area (Å²) in [5.74, 6) is 1.55. The van der Waals surface area contributed by atoms with Crippen LogP contribution in [-0.2, 0) is 11.0 Å². The molecular weight excluding hydrogens is 456 g/mol. The van der Waals surface area contributed by atoms with Gasteiger partial charge in [-0.25, -0.2) is 13.7 Å². The van der Waals surface area contributed by atoms with Gasteiger partial charge < -0.3 is 15.4 Å². The summed E-state index contributed by atoms with van der Waals surface area (Å²) in [5, 5.41) is 0. The first-order chi connectivity index (χ1) is 15.0. The smallest absolute Gasteiger partial charge is 0.396 e. The van der Waals surface area contributed by atoms with Crippen molar-refractivity contribution >= 4 is 29.7 Å². The molecule has 2 N–H and O–H groups in total. The molecule has 1 aromatic heterocycles. The molecule has 3 atom stereocenters. The van der Waals surface area contributed by atoms with Crippen molar-refractivity contribution in [3.05, 3.63) is 17.8 Å². The fraction of sp³-hybridized carbons (Fsp3) is 0.739. The maximum atomic E-state index is 12.5. The number of hydrogen-bond donors (Lipinski definition) is 1. The summed E-state index contributed by atoms with van der Waals surface area (Å²) in [4.78, 5) is 16.4. The van der Waals surface area contributed by atoms with E-state index in [1.807, 2.05) is 9.21 Å². The van der Waals surface area contributed by atoms with Gasteiger partial charge in [-0.2, -0.15) is 13.2 Å². The second-order valence-corrected chi connectivity index (χ2v) is 10.3. The Bertz CT molecular complexity index is 814. The molecule has 1 spiro atoms. The van der Waals surface area contributed by atoms with E-state index < -0.39 is 17.7 Å². The Morgan fingerprint density at radius 1 is 1.27 bits per heavy atom. The number of carbonyl (C=O) groups excluding carboxylic acids is 1. The Hall–Kier alpha value is -1.55. The third kappa shape index (κ3) is 5.11. The topological polar surface area (TPSA) is 62.5 Å². The van der Waals surface area contributed by atoms with Crippen LogP contribution >= 0.6 is 11.9 Å². The summed E-state index contributed by atoms with van der Waals surface area (Å²) in [6, 6.07) is 0.408. The van der Waals surface area contributed by atoms with Crippen LogP contribution in [0.4, 0.5) is 29.1 Å². The number of alkyl halides is 4. The Kier molecular flexibility index (Phi) is 8.71. The number of piperazine rings is 1. The van der Waals surface area contributed by atoms with Gasteiger partial charge in [-0.05, 0) is 47.6 Å². The molecule has 0 bridgehead atoms. The van der Waals surface area contributed by atoms with Crippen molar-refractivity contribution in [3.63, 3.8) is 0 Å². The van der Waals surface area contributed by atoms with Crippen molar-refractivity contribution in [2.75, 3.05) is 42.8 Å². The van der Waals surface area contributed by atoms with Crippen molar-refractivity contribution < 1.29 is 22.4 Å². The van der Waals surface area contributed by atoms with Gasteiger partial charge in [0, 0.05) is 38.3 Å². The second-order valence-electron chi connectivity index (χ2n) is 9.29. The number of nitrogens with zero attached hydrogens (tertiary/aromatic N) is 3. The van der Waals surface area contributed by atoms with Gasteiger partial charge in [0.25, 0.3) is 0 Å². The lowest BCUT2D eigenvalue weighted by molar-refractivity contribution is -0.137. The molecule has 0 aromatic carbocycles.